The maximum absolute atomic E-state index is 5.36. The van der Waals surface area contributed by atoms with Crippen molar-refractivity contribution in [2.75, 3.05) is 0 Å². The molecule has 2 nitrogen and oxygen atoms in total. The Hall–Kier alpha value is -0.790. The fourth-order valence-corrected chi connectivity index (χ4v) is 0.324. The van der Waals surface area contributed by atoms with Crippen LogP contribution >= 0.6 is 0 Å². The molecule has 0 aliphatic carbocycles. The Balaban J connectivity index is 3.75. The fraction of sp³-hybridized carbons (Fsp3) is 0.500. The van der Waals surface area contributed by atoms with Gasteiger partial charge in [-0.3, -0.25) is 0 Å². The quantitative estimate of drug-likeness (QED) is 0.424. The van der Waals surface area contributed by atoms with E-state index in [0.29, 0.717) is 5.84 Å². The molecule has 0 aromatic rings. The predicted molar refractivity (Wildman–Crippen MR) is 36.7 cm³/mol. The highest BCUT2D eigenvalue weighted by Crippen LogP contribution is 1.88. The summed E-state index contributed by atoms with van der Waals surface area (Å²) in [6, 6.07) is 0. The van der Waals surface area contributed by atoms with Crippen molar-refractivity contribution in [1.82, 2.24) is 0 Å². The molecule has 0 radical (unpaired) electrons. The van der Waals surface area contributed by atoms with E-state index in [9.17, 15) is 0 Å². The first-order chi connectivity index (χ1) is 3.66. The number of amidine groups is 1. The Kier molecular flexibility index (Phi) is 2.92. The summed E-state index contributed by atoms with van der Waals surface area (Å²) in [6.07, 6.45) is 0.798. The van der Waals surface area contributed by atoms with E-state index in [1.54, 1.807) is 0 Å². The van der Waals surface area contributed by atoms with E-state index in [2.05, 4.69) is 11.6 Å². The predicted octanol–water partition coefficient (Wildman–Crippen LogP) is 1.29. The van der Waals surface area contributed by atoms with E-state index >= 15 is 0 Å². The van der Waals surface area contributed by atoms with E-state index in [-0.39, 0.29) is 0 Å². The lowest BCUT2D eigenvalue weighted by Gasteiger charge is -1.91. The highest BCUT2D eigenvalue weighted by molar-refractivity contribution is 5.80. The summed E-state index contributed by atoms with van der Waals surface area (Å²) in [7, 11) is 0. The first kappa shape index (κ1) is 7.21. The fourth-order valence-electron chi connectivity index (χ4n) is 0.324. The third-order valence-corrected chi connectivity index (χ3v) is 0.697. The van der Waals surface area contributed by atoms with Crippen LogP contribution in [0.2, 0.25) is 0 Å². The van der Waals surface area contributed by atoms with Crippen molar-refractivity contribution in [3.05, 3.63) is 12.3 Å². The van der Waals surface area contributed by atoms with Gasteiger partial charge in [-0.05, 0) is 6.92 Å². The van der Waals surface area contributed by atoms with Crippen LogP contribution in [-0.2, 0) is 0 Å². The van der Waals surface area contributed by atoms with Crippen LogP contribution < -0.4 is 5.73 Å². The molecule has 0 aromatic carbocycles. The largest absolute Gasteiger partial charge is 0.387 e. The number of nitrogens with two attached hydrogens (primary N) is 1. The second kappa shape index (κ2) is 3.24. The Morgan fingerprint density at radius 2 is 2.25 bits per heavy atom. The molecule has 2 N–H and O–H groups in total. The van der Waals surface area contributed by atoms with Gasteiger partial charge in [-0.25, -0.2) is 4.99 Å². The van der Waals surface area contributed by atoms with E-state index in [0.717, 1.165) is 12.1 Å². The summed E-state index contributed by atoms with van der Waals surface area (Å²) in [5, 5.41) is 0. The number of hydrogen-bond acceptors (Lipinski definition) is 1. The Morgan fingerprint density at radius 3 is 2.38 bits per heavy atom. The van der Waals surface area contributed by atoms with Crippen molar-refractivity contribution in [1.29, 1.82) is 0 Å². The average molecular weight is 112 g/mol. The van der Waals surface area contributed by atoms with Crippen LogP contribution in [0.1, 0.15) is 20.3 Å². The van der Waals surface area contributed by atoms with Crippen LogP contribution in [-0.4, -0.2) is 5.84 Å². The van der Waals surface area contributed by atoms with E-state index in [4.69, 9.17) is 5.73 Å². The molecular formula is C6H12N2. The average Bonchev–Trinajstić information content (AvgIpc) is 1.65. The minimum absolute atomic E-state index is 0.650. The minimum atomic E-state index is 0.650. The van der Waals surface area contributed by atoms with Gasteiger partial charge >= 0.3 is 0 Å². The van der Waals surface area contributed by atoms with Gasteiger partial charge in [-0.15, -0.1) is 0 Å². The van der Waals surface area contributed by atoms with Gasteiger partial charge in [0.25, 0.3) is 0 Å². The van der Waals surface area contributed by atoms with Crippen molar-refractivity contribution >= 4 is 5.84 Å². The number of allylic oxidation sites excluding steroid dienone is 1. The standard InChI is InChI=1S/C6H12N2/c1-4-6(7)8-5(2)3/h2,4H2,1,3H3,(H2,7,8). The molecular weight excluding hydrogens is 100 g/mol. The zero-order chi connectivity index (χ0) is 6.57. The van der Waals surface area contributed by atoms with Crippen molar-refractivity contribution < 1.29 is 0 Å². The summed E-state index contributed by atoms with van der Waals surface area (Å²) >= 11 is 0. The maximum Gasteiger partial charge on any atom is 0.0989 e. The first-order valence-corrected chi connectivity index (χ1v) is 2.65. The van der Waals surface area contributed by atoms with Gasteiger partial charge in [0.2, 0.25) is 0 Å². The molecule has 0 spiro atoms. The summed E-state index contributed by atoms with van der Waals surface area (Å²) in [6.45, 7) is 7.36. The van der Waals surface area contributed by atoms with Crippen LogP contribution in [0.4, 0.5) is 0 Å². The van der Waals surface area contributed by atoms with Crippen LogP contribution in [0.15, 0.2) is 17.3 Å². The van der Waals surface area contributed by atoms with Crippen molar-refractivity contribution in [3.63, 3.8) is 0 Å². The normalized spacial score (nSPS) is 11.5. The summed E-state index contributed by atoms with van der Waals surface area (Å²) in [4.78, 5) is 3.90. The molecule has 46 valence electrons. The molecule has 0 aliphatic heterocycles. The van der Waals surface area contributed by atoms with Crippen molar-refractivity contribution in [3.8, 4) is 0 Å². The van der Waals surface area contributed by atoms with Crippen LogP contribution in [0.25, 0.3) is 0 Å². The van der Waals surface area contributed by atoms with Crippen molar-refractivity contribution in [2.45, 2.75) is 20.3 Å². The van der Waals surface area contributed by atoms with Gasteiger partial charge in [0.05, 0.1) is 5.84 Å². The molecule has 2 heteroatoms. The molecule has 0 saturated carbocycles. The number of hydrogen-bond donors (Lipinski definition) is 1. The molecule has 0 amide bonds. The number of rotatable bonds is 2. The SMILES string of the molecule is C=C(C)/N=C(/N)CC. The van der Waals surface area contributed by atoms with Crippen LogP contribution in [0.3, 0.4) is 0 Å². The van der Waals surface area contributed by atoms with Gasteiger partial charge in [0.1, 0.15) is 0 Å². The lowest BCUT2D eigenvalue weighted by atomic mass is 10.4. The monoisotopic (exact) mass is 112 g/mol. The summed E-state index contributed by atoms with van der Waals surface area (Å²) in [5.41, 5.74) is 6.13. The molecule has 0 saturated heterocycles. The molecule has 0 heterocycles. The topological polar surface area (TPSA) is 38.4 Å². The summed E-state index contributed by atoms with van der Waals surface area (Å²) < 4.78 is 0. The van der Waals surface area contributed by atoms with Crippen LogP contribution in [0, 0.1) is 0 Å². The molecule has 0 bridgehead atoms. The Bertz CT molecular complexity index is 114. The summed E-state index contributed by atoms with van der Waals surface area (Å²) in [5.74, 6) is 0.650. The zero-order valence-corrected chi connectivity index (χ0v) is 5.44. The van der Waals surface area contributed by atoms with Crippen LogP contribution in [0.5, 0.6) is 0 Å². The van der Waals surface area contributed by atoms with Gasteiger partial charge in [0.15, 0.2) is 0 Å². The minimum Gasteiger partial charge on any atom is -0.387 e. The molecule has 0 fully saturated rings. The molecule has 8 heavy (non-hydrogen) atoms. The molecule has 0 unspecified atom stereocenters. The smallest absolute Gasteiger partial charge is 0.0989 e. The molecule has 0 atom stereocenters. The van der Waals surface area contributed by atoms with Gasteiger partial charge < -0.3 is 5.73 Å². The molecule has 0 aromatic heterocycles. The third kappa shape index (κ3) is 3.40. The van der Waals surface area contributed by atoms with Gasteiger partial charge in [-0.1, -0.05) is 13.5 Å². The van der Waals surface area contributed by atoms with E-state index in [1.807, 2.05) is 13.8 Å². The van der Waals surface area contributed by atoms with E-state index in [1.165, 1.54) is 0 Å². The maximum atomic E-state index is 5.36. The molecule has 0 rings (SSSR count). The third-order valence-electron chi connectivity index (χ3n) is 0.697. The Morgan fingerprint density at radius 1 is 1.75 bits per heavy atom. The zero-order valence-electron chi connectivity index (χ0n) is 5.44. The number of nitrogens with zero attached hydrogens (tertiary/aromatic N) is 1. The first-order valence-electron chi connectivity index (χ1n) is 2.65. The molecule has 0 aliphatic rings. The second-order valence-corrected chi connectivity index (χ2v) is 1.69. The lowest BCUT2D eigenvalue weighted by Crippen LogP contribution is -2.08. The van der Waals surface area contributed by atoms with Gasteiger partial charge in [0, 0.05) is 12.1 Å². The highest BCUT2D eigenvalue weighted by atomic mass is 14.8. The van der Waals surface area contributed by atoms with E-state index < -0.39 is 0 Å². The van der Waals surface area contributed by atoms with Crippen molar-refractivity contribution in [2.24, 2.45) is 10.7 Å². The number of aliphatic imine (C=N–C) groups is 1. The lowest BCUT2D eigenvalue weighted by molar-refractivity contribution is 1.20. The second-order valence-electron chi connectivity index (χ2n) is 1.69. The Labute approximate surface area is 50.1 Å². The van der Waals surface area contributed by atoms with Gasteiger partial charge in [-0.2, -0.15) is 0 Å². The highest BCUT2D eigenvalue weighted by Gasteiger charge is 1.82.